The topological polar surface area (TPSA) is 38.3 Å². The molecule has 3 nitrogen and oxygen atoms in total. The lowest BCUT2D eigenvalue weighted by Gasteiger charge is -2.12. The molecule has 0 saturated heterocycles. The number of ether oxygens (including phenoxy) is 1. The number of amides is 1. The molecule has 0 saturated carbocycles. The van der Waals surface area contributed by atoms with Crippen molar-refractivity contribution >= 4 is 17.7 Å². The molecular formula is C17H14F3NO2. The predicted octanol–water partition coefficient (Wildman–Crippen LogP) is 4.37. The Kier molecular flexibility index (Phi) is 5.05. The zero-order valence-corrected chi connectivity index (χ0v) is 12.2. The molecule has 1 amide bonds. The number of methoxy groups -OCH3 is 1. The summed E-state index contributed by atoms with van der Waals surface area (Å²) in [6.45, 7) is 0. The van der Waals surface area contributed by atoms with Crippen LogP contribution in [0.15, 0.2) is 54.6 Å². The first-order valence-electron chi connectivity index (χ1n) is 6.70. The number of hydrogen-bond donors (Lipinski definition) is 1. The van der Waals surface area contributed by atoms with Gasteiger partial charge in [-0.1, -0.05) is 30.3 Å². The van der Waals surface area contributed by atoms with Crippen LogP contribution in [0.4, 0.5) is 18.9 Å². The van der Waals surface area contributed by atoms with E-state index in [0.717, 1.165) is 12.1 Å². The average molecular weight is 321 g/mol. The van der Waals surface area contributed by atoms with Crippen LogP contribution in [-0.2, 0) is 11.0 Å². The third-order valence-electron chi connectivity index (χ3n) is 3.04. The van der Waals surface area contributed by atoms with E-state index >= 15 is 0 Å². The van der Waals surface area contributed by atoms with E-state index in [0.29, 0.717) is 11.3 Å². The van der Waals surface area contributed by atoms with E-state index in [4.69, 9.17) is 4.74 Å². The van der Waals surface area contributed by atoms with E-state index in [9.17, 15) is 18.0 Å². The van der Waals surface area contributed by atoms with Crippen molar-refractivity contribution in [1.29, 1.82) is 0 Å². The summed E-state index contributed by atoms with van der Waals surface area (Å²) < 4.78 is 43.7. The maximum atomic E-state index is 12.9. The number of carbonyl (C=O) groups excluding carboxylic acids is 1. The molecule has 2 aromatic carbocycles. The first-order valence-corrected chi connectivity index (χ1v) is 6.70. The first-order chi connectivity index (χ1) is 10.9. The Morgan fingerprint density at radius 2 is 1.74 bits per heavy atom. The van der Waals surface area contributed by atoms with Gasteiger partial charge in [-0.25, -0.2) is 0 Å². The molecule has 23 heavy (non-hydrogen) atoms. The summed E-state index contributed by atoms with van der Waals surface area (Å²) in [7, 11) is 1.49. The van der Waals surface area contributed by atoms with Gasteiger partial charge in [0.25, 0.3) is 0 Å². The highest BCUT2D eigenvalue weighted by Gasteiger charge is 2.33. The number of anilines is 1. The summed E-state index contributed by atoms with van der Waals surface area (Å²) in [6, 6.07) is 11.8. The quantitative estimate of drug-likeness (QED) is 0.850. The minimum Gasteiger partial charge on any atom is -0.496 e. The minimum atomic E-state index is -4.53. The van der Waals surface area contributed by atoms with Crippen LogP contribution in [0.3, 0.4) is 0 Å². The average Bonchev–Trinajstić information content (AvgIpc) is 2.52. The van der Waals surface area contributed by atoms with Crippen molar-refractivity contribution in [3.63, 3.8) is 0 Å². The summed E-state index contributed by atoms with van der Waals surface area (Å²) in [5, 5.41) is 2.24. The number of rotatable bonds is 4. The normalized spacial score (nSPS) is 11.5. The van der Waals surface area contributed by atoms with Gasteiger partial charge < -0.3 is 10.1 Å². The lowest BCUT2D eigenvalue weighted by Crippen LogP contribution is -2.14. The van der Waals surface area contributed by atoms with Gasteiger partial charge in [0.15, 0.2) is 0 Å². The Morgan fingerprint density at radius 3 is 2.43 bits per heavy atom. The molecule has 0 fully saturated rings. The number of nitrogens with one attached hydrogen (secondary N) is 1. The molecule has 0 aliphatic heterocycles. The van der Waals surface area contributed by atoms with Crippen LogP contribution in [-0.4, -0.2) is 13.0 Å². The van der Waals surface area contributed by atoms with Crippen LogP contribution < -0.4 is 10.1 Å². The van der Waals surface area contributed by atoms with Crippen molar-refractivity contribution in [2.75, 3.05) is 12.4 Å². The molecule has 120 valence electrons. The molecule has 0 bridgehead atoms. The van der Waals surface area contributed by atoms with E-state index in [2.05, 4.69) is 5.32 Å². The zero-order chi connectivity index (χ0) is 16.9. The monoisotopic (exact) mass is 321 g/mol. The molecule has 0 atom stereocenters. The van der Waals surface area contributed by atoms with Crippen molar-refractivity contribution in [3.05, 3.63) is 65.7 Å². The SMILES string of the molecule is COc1ccccc1C=CC(=O)Nc1ccccc1C(F)(F)F. The van der Waals surface area contributed by atoms with Crippen molar-refractivity contribution in [2.24, 2.45) is 0 Å². The van der Waals surface area contributed by atoms with Crippen LogP contribution >= 0.6 is 0 Å². The van der Waals surface area contributed by atoms with Crippen LogP contribution in [0.25, 0.3) is 6.08 Å². The minimum absolute atomic E-state index is 0.283. The first kappa shape index (κ1) is 16.6. The third-order valence-corrected chi connectivity index (χ3v) is 3.04. The molecule has 2 rings (SSSR count). The van der Waals surface area contributed by atoms with Gasteiger partial charge in [-0.3, -0.25) is 4.79 Å². The van der Waals surface area contributed by atoms with Gasteiger partial charge in [-0.05, 0) is 24.3 Å². The molecular weight excluding hydrogens is 307 g/mol. The van der Waals surface area contributed by atoms with Gasteiger partial charge in [-0.2, -0.15) is 13.2 Å². The lowest BCUT2D eigenvalue weighted by atomic mass is 10.1. The second-order valence-corrected chi connectivity index (χ2v) is 4.61. The molecule has 2 aromatic rings. The molecule has 0 radical (unpaired) electrons. The van der Waals surface area contributed by atoms with E-state index in [1.807, 2.05) is 0 Å². The van der Waals surface area contributed by atoms with Crippen molar-refractivity contribution in [2.45, 2.75) is 6.18 Å². The predicted molar refractivity (Wildman–Crippen MR) is 82.1 cm³/mol. The highest BCUT2D eigenvalue weighted by Crippen LogP contribution is 2.34. The maximum Gasteiger partial charge on any atom is 0.418 e. The Hall–Kier alpha value is -2.76. The molecule has 0 heterocycles. The van der Waals surface area contributed by atoms with Crippen molar-refractivity contribution in [3.8, 4) is 5.75 Å². The summed E-state index contributed by atoms with van der Waals surface area (Å²) in [5.41, 5.74) is -0.525. The Bertz CT molecular complexity index is 724. The number of halogens is 3. The molecule has 0 aliphatic rings. The number of benzene rings is 2. The fourth-order valence-corrected chi connectivity index (χ4v) is 1.98. The summed E-state index contributed by atoms with van der Waals surface area (Å²) in [5.74, 6) is -0.0974. The van der Waals surface area contributed by atoms with Gasteiger partial charge in [-0.15, -0.1) is 0 Å². The van der Waals surface area contributed by atoms with Crippen LogP contribution in [0, 0.1) is 0 Å². The van der Waals surface area contributed by atoms with Crippen LogP contribution in [0.1, 0.15) is 11.1 Å². The number of alkyl halides is 3. The molecule has 0 unspecified atom stereocenters. The fraction of sp³-hybridized carbons (Fsp3) is 0.118. The van der Waals surface area contributed by atoms with Crippen LogP contribution in [0.2, 0.25) is 0 Å². The summed E-state index contributed by atoms with van der Waals surface area (Å²) in [4.78, 5) is 11.9. The Morgan fingerprint density at radius 1 is 1.09 bits per heavy atom. The van der Waals surface area contributed by atoms with Crippen molar-refractivity contribution in [1.82, 2.24) is 0 Å². The standard InChI is InChI=1S/C17H14F3NO2/c1-23-15-9-5-2-6-12(15)10-11-16(22)21-14-8-4-3-7-13(14)17(18,19)20/h2-11H,1H3,(H,21,22). The molecule has 0 aromatic heterocycles. The van der Waals surface area contributed by atoms with E-state index in [1.54, 1.807) is 24.3 Å². The smallest absolute Gasteiger partial charge is 0.418 e. The van der Waals surface area contributed by atoms with Crippen molar-refractivity contribution < 1.29 is 22.7 Å². The van der Waals surface area contributed by atoms with E-state index < -0.39 is 17.6 Å². The second kappa shape index (κ2) is 7.00. The van der Waals surface area contributed by atoms with Gasteiger partial charge >= 0.3 is 6.18 Å². The number of hydrogen-bond acceptors (Lipinski definition) is 2. The number of carbonyl (C=O) groups is 1. The van der Waals surface area contributed by atoms with Gasteiger partial charge in [0, 0.05) is 11.6 Å². The zero-order valence-electron chi connectivity index (χ0n) is 12.2. The largest absolute Gasteiger partial charge is 0.496 e. The van der Waals surface area contributed by atoms with Crippen LogP contribution in [0.5, 0.6) is 5.75 Å². The maximum absolute atomic E-state index is 12.9. The Labute approximate surface area is 131 Å². The molecule has 0 spiro atoms. The lowest BCUT2D eigenvalue weighted by molar-refractivity contribution is -0.136. The molecule has 1 N–H and O–H groups in total. The third kappa shape index (κ3) is 4.35. The van der Waals surface area contributed by atoms with Gasteiger partial charge in [0.05, 0.1) is 18.4 Å². The highest BCUT2D eigenvalue weighted by molar-refractivity contribution is 6.02. The summed E-state index contributed by atoms with van der Waals surface area (Å²) in [6.07, 6.45) is -1.90. The molecule has 0 aliphatic carbocycles. The number of para-hydroxylation sites is 2. The Balaban J connectivity index is 2.16. The van der Waals surface area contributed by atoms with E-state index in [-0.39, 0.29) is 5.69 Å². The second-order valence-electron chi connectivity index (χ2n) is 4.61. The fourth-order valence-electron chi connectivity index (χ4n) is 1.98. The van der Waals surface area contributed by atoms with Gasteiger partial charge in [0.1, 0.15) is 5.75 Å². The summed E-state index contributed by atoms with van der Waals surface area (Å²) >= 11 is 0. The molecule has 6 heteroatoms. The highest BCUT2D eigenvalue weighted by atomic mass is 19.4. The van der Waals surface area contributed by atoms with Gasteiger partial charge in [0.2, 0.25) is 5.91 Å². The van der Waals surface area contributed by atoms with E-state index in [1.165, 1.54) is 31.4 Å².